The maximum absolute atomic E-state index is 9.14. The second-order valence-corrected chi connectivity index (χ2v) is 4.49. The molecule has 102 valence electrons. The molecule has 0 aliphatic rings. The van der Waals surface area contributed by atoms with Gasteiger partial charge in [0, 0.05) is 0 Å². The van der Waals surface area contributed by atoms with Crippen LogP contribution in [0, 0.1) is 6.92 Å². The average Bonchev–Trinajstić information content (AvgIpc) is 2.43. The average molecular weight is 258 g/mol. The van der Waals surface area contributed by atoms with E-state index in [-0.39, 0.29) is 0 Å². The molecule has 0 saturated carbocycles. The molecule has 0 spiro atoms. The number of phenols is 2. The predicted octanol–water partition coefficient (Wildman–Crippen LogP) is 4.22. The summed E-state index contributed by atoms with van der Waals surface area (Å²) in [6, 6.07) is 13.0. The lowest BCUT2D eigenvalue weighted by Crippen LogP contribution is -1.80. The zero-order valence-corrected chi connectivity index (χ0v) is 11.9. The molecule has 2 aromatic carbocycles. The van der Waals surface area contributed by atoms with Crippen molar-refractivity contribution in [3.05, 3.63) is 59.2 Å². The number of rotatable bonds is 2. The third-order valence-electron chi connectivity index (χ3n) is 3.01. The molecule has 0 atom stereocenters. The molecule has 0 radical (unpaired) electrons. The van der Waals surface area contributed by atoms with E-state index in [1.54, 1.807) is 18.2 Å². The summed E-state index contributed by atoms with van der Waals surface area (Å²) in [5.74, 6) is 0.726. The van der Waals surface area contributed by atoms with Crippen LogP contribution in [0.2, 0.25) is 0 Å². The number of hydrogen-bond donors (Lipinski definition) is 2. The van der Waals surface area contributed by atoms with Crippen molar-refractivity contribution < 1.29 is 10.2 Å². The smallest absolute Gasteiger partial charge is 0.118 e. The molecule has 2 heteroatoms. The highest BCUT2D eigenvalue weighted by Gasteiger charge is 1.94. The number of phenolic OH excluding ortho intramolecular Hbond substituents is 2. The third-order valence-corrected chi connectivity index (χ3v) is 3.01. The quantitative estimate of drug-likeness (QED) is 0.846. The number of aryl methyl sites for hydroxylation is 3. The Kier molecular flexibility index (Phi) is 5.94. The van der Waals surface area contributed by atoms with E-state index >= 15 is 0 Å². The number of benzene rings is 2. The highest BCUT2D eigenvalue weighted by molar-refractivity contribution is 5.34. The van der Waals surface area contributed by atoms with Crippen LogP contribution in [0.25, 0.3) is 0 Å². The summed E-state index contributed by atoms with van der Waals surface area (Å²) in [5, 5.41) is 18.0. The van der Waals surface area contributed by atoms with E-state index in [9.17, 15) is 0 Å². The van der Waals surface area contributed by atoms with Gasteiger partial charge >= 0.3 is 0 Å². The van der Waals surface area contributed by atoms with Gasteiger partial charge in [0.1, 0.15) is 11.5 Å². The molecule has 0 aliphatic carbocycles. The molecule has 2 nitrogen and oxygen atoms in total. The minimum atomic E-state index is 0.340. The van der Waals surface area contributed by atoms with Gasteiger partial charge in [-0.2, -0.15) is 0 Å². The lowest BCUT2D eigenvalue weighted by molar-refractivity contribution is 0.471. The van der Waals surface area contributed by atoms with E-state index in [0.29, 0.717) is 11.5 Å². The Balaban J connectivity index is 0.000000191. The van der Waals surface area contributed by atoms with Gasteiger partial charge in [-0.05, 0) is 54.7 Å². The van der Waals surface area contributed by atoms with Gasteiger partial charge in [-0.25, -0.2) is 0 Å². The fraction of sp³-hybridized carbons (Fsp3) is 0.294. The van der Waals surface area contributed by atoms with Crippen LogP contribution < -0.4 is 0 Å². The van der Waals surface area contributed by atoms with Gasteiger partial charge in [-0.3, -0.25) is 0 Å². The van der Waals surface area contributed by atoms with Crippen molar-refractivity contribution in [3.8, 4) is 11.5 Å². The lowest BCUT2D eigenvalue weighted by atomic mass is 10.1. The van der Waals surface area contributed by atoms with Crippen molar-refractivity contribution in [3.63, 3.8) is 0 Å². The largest absolute Gasteiger partial charge is 0.508 e. The Labute approximate surface area is 115 Å². The summed E-state index contributed by atoms with van der Waals surface area (Å²) in [6.45, 7) is 6.10. The van der Waals surface area contributed by atoms with Crippen LogP contribution >= 0.6 is 0 Å². The fourth-order valence-corrected chi connectivity index (χ4v) is 1.67. The van der Waals surface area contributed by atoms with Crippen LogP contribution in [-0.4, -0.2) is 10.2 Å². The van der Waals surface area contributed by atoms with Crippen LogP contribution in [-0.2, 0) is 12.8 Å². The maximum atomic E-state index is 9.14. The molecular weight excluding hydrogens is 236 g/mol. The van der Waals surface area contributed by atoms with Gasteiger partial charge in [0.2, 0.25) is 0 Å². The van der Waals surface area contributed by atoms with Gasteiger partial charge in [-0.15, -0.1) is 0 Å². The van der Waals surface area contributed by atoms with Crippen LogP contribution in [0.1, 0.15) is 30.5 Å². The first-order chi connectivity index (χ1) is 9.06. The highest BCUT2D eigenvalue weighted by atomic mass is 16.3. The van der Waals surface area contributed by atoms with Gasteiger partial charge in [-0.1, -0.05) is 38.1 Å². The Morgan fingerprint density at radius 3 is 1.79 bits per heavy atom. The van der Waals surface area contributed by atoms with E-state index in [2.05, 4.69) is 13.8 Å². The summed E-state index contributed by atoms with van der Waals surface area (Å²) in [4.78, 5) is 0. The molecule has 0 aromatic heterocycles. The van der Waals surface area contributed by atoms with Crippen molar-refractivity contribution in [1.29, 1.82) is 0 Å². The summed E-state index contributed by atoms with van der Waals surface area (Å²) >= 11 is 0. The van der Waals surface area contributed by atoms with Gasteiger partial charge in [0.15, 0.2) is 0 Å². The molecule has 0 heterocycles. The van der Waals surface area contributed by atoms with Gasteiger partial charge < -0.3 is 10.2 Å². The number of aromatic hydroxyl groups is 2. The van der Waals surface area contributed by atoms with Crippen molar-refractivity contribution in [2.24, 2.45) is 0 Å². The molecule has 0 aliphatic heterocycles. The van der Waals surface area contributed by atoms with Gasteiger partial charge in [0.05, 0.1) is 0 Å². The van der Waals surface area contributed by atoms with E-state index in [1.165, 1.54) is 11.1 Å². The molecule has 2 rings (SSSR count). The minimum absolute atomic E-state index is 0.340. The Bertz CT molecular complexity index is 501. The van der Waals surface area contributed by atoms with Crippen LogP contribution in [0.3, 0.4) is 0 Å². The Hall–Kier alpha value is -1.96. The van der Waals surface area contributed by atoms with Crippen LogP contribution in [0.15, 0.2) is 42.5 Å². The minimum Gasteiger partial charge on any atom is -0.508 e. The normalized spacial score (nSPS) is 9.63. The lowest BCUT2D eigenvalue weighted by Gasteiger charge is -1.99. The van der Waals surface area contributed by atoms with Crippen molar-refractivity contribution >= 4 is 0 Å². The summed E-state index contributed by atoms with van der Waals surface area (Å²) < 4.78 is 0. The summed E-state index contributed by atoms with van der Waals surface area (Å²) in [5.41, 5.74) is 3.49. The number of hydrogen-bond acceptors (Lipinski definition) is 2. The SMILES string of the molecule is CCc1ccc(O)c(C)c1.CCc1ccc(O)cc1. The highest BCUT2D eigenvalue weighted by Crippen LogP contribution is 2.16. The molecule has 2 N–H and O–H groups in total. The molecule has 0 unspecified atom stereocenters. The monoisotopic (exact) mass is 258 g/mol. The Morgan fingerprint density at radius 1 is 0.789 bits per heavy atom. The van der Waals surface area contributed by atoms with E-state index in [0.717, 1.165) is 18.4 Å². The molecule has 0 saturated heterocycles. The van der Waals surface area contributed by atoms with Crippen molar-refractivity contribution in [2.45, 2.75) is 33.6 Å². The second-order valence-electron chi connectivity index (χ2n) is 4.49. The Morgan fingerprint density at radius 2 is 1.32 bits per heavy atom. The fourth-order valence-electron chi connectivity index (χ4n) is 1.67. The van der Waals surface area contributed by atoms with Crippen LogP contribution in [0.5, 0.6) is 11.5 Å². The van der Waals surface area contributed by atoms with Crippen molar-refractivity contribution in [1.82, 2.24) is 0 Å². The first-order valence-corrected chi connectivity index (χ1v) is 6.63. The molecular formula is C17H22O2. The summed E-state index contributed by atoms with van der Waals surface area (Å²) in [6.07, 6.45) is 2.06. The molecule has 0 fully saturated rings. The zero-order chi connectivity index (χ0) is 14.3. The third kappa shape index (κ3) is 5.04. The molecule has 0 amide bonds. The summed E-state index contributed by atoms with van der Waals surface area (Å²) in [7, 11) is 0. The van der Waals surface area contributed by atoms with Crippen LogP contribution in [0.4, 0.5) is 0 Å². The second kappa shape index (κ2) is 7.47. The molecule has 19 heavy (non-hydrogen) atoms. The molecule has 2 aromatic rings. The predicted molar refractivity (Wildman–Crippen MR) is 79.7 cm³/mol. The van der Waals surface area contributed by atoms with E-state index < -0.39 is 0 Å². The topological polar surface area (TPSA) is 40.5 Å². The first-order valence-electron chi connectivity index (χ1n) is 6.63. The zero-order valence-electron chi connectivity index (χ0n) is 11.9. The van der Waals surface area contributed by atoms with Crippen molar-refractivity contribution in [2.75, 3.05) is 0 Å². The van der Waals surface area contributed by atoms with Gasteiger partial charge in [0.25, 0.3) is 0 Å². The molecule has 0 bridgehead atoms. The first kappa shape index (κ1) is 15.1. The van der Waals surface area contributed by atoms with E-state index in [1.807, 2.05) is 31.2 Å². The standard InChI is InChI=1S/C9H12O.C8H10O/c1-3-8-4-5-9(10)7(2)6-8;1-2-7-3-5-8(9)6-4-7/h4-6,10H,3H2,1-2H3;3-6,9H,2H2,1H3. The van der Waals surface area contributed by atoms with E-state index in [4.69, 9.17) is 10.2 Å². The maximum Gasteiger partial charge on any atom is 0.118 e.